The van der Waals surface area contributed by atoms with Gasteiger partial charge in [-0.3, -0.25) is 10.1 Å². The van der Waals surface area contributed by atoms with E-state index in [-0.39, 0.29) is 17.4 Å². The molecule has 5 nitrogen and oxygen atoms in total. The zero-order valence-corrected chi connectivity index (χ0v) is 6.21. The van der Waals surface area contributed by atoms with Crippen LogP contribution in [0.1, 0.15) is 0 Å². The first-order valence-corrected chi connectivity index (χ1v) is 3.23. The van der Waals surface area contributed by atoms with Gasteiger partial charge in [-0.2, -0.15) is 0 Å². The Bertz CT molecular complexity index is 237. The van der Waals surface area contributed by atoms with E-state index in [2.05, 4.69) is 17.0 Å². The second-order valence-electron chi connectivity index (χ2n) is 1.97. The molecule has 1 N–H and O–H groups in total. The highest BCUT2D eigenvalue weighted by molar-refractivity contribution is 7.80. The zero-order chi connectivity index (χ0) is 8.43. The molecule has 0 saturated carbocycles. The average molecular weight is 175 g/mol. The number of hydrogen-bond donors (Lipinski definition) is 1. The molecule has 1 unspecified atom stereocenters. The summed E-state index contributed by atoms with van der Waals surface area (Å²) in [5, 5.41) is 18.9. The van der Waals surface area contributed by atoms with Crippen molar-refractivity contribution in [1.29, 1.82) is 0 Å². The minimum Gasteiger partial charge on any atom is -0.450 e. The van der Waals surface area contributed by atoms with Crippen LogP contribution in [-0.2, 0) is 4.74 Å². The van der Waals surface area contributed by atoms with Crippen LogP contribution in [0.4, 0.5) is 0 Å². The monoisotopic (exact) mass is 175 g/mol. The summed E-state index contributed by atoms with van der Waals surface area (Å²) < 4.78 is 4.60. The van der Waals surface area contributed by atoms with Gasteiger partial charge in [0.1, 0.15) is 5.92 Å². The Labute approximate surface area is 67.4 Å². The summed E-state index contributed by atoms with van der Waals surface area (Å²) >= 11 is 4.60. The van der Waals surface area contributed by atoms with E-state index in [1.165, 1.54) is 0 Å². The molecule has 1 aliphatic heterocycles. The Morgan fingerprint density at radius 2 is 2.55 bits per heavy atom. The Kier molecular flexibility index (Phi) is 2.16. The molecule has 6 heteroatoms. The molecule has 0 saturated heterocycles. The zero-order valence-electron chi connectivity index (χ0n) is 5.39. The van der Waals surface area contributed by atoms with Crippen molar-refractivity contribution in [2.45, 2.75) is 0 Å². The van der Waals surface area contributed by atoms with Gasteiger partial charge in [-0.15, -0.1) is 0 Å². The summed E-state index contributed by atoms with van der Waals surface area (Å²) in [6.45, 7) is -0.383. The molecular weight excluding hydrogens is 170 g/mol. The number of rotatable bonds is 2. The molecule has 11 heavy (non-hydrogen) atoms. The highest BCUT2D eigenvalue weighted by Crippen LogP contribution is 2.21. The maximum absolute atomic E-state index is 10.2. The van der Waals surface area contributed by atoms with Gasteiger partial charge in [0, 0.05) is 0 Å². The highest BCUT2D eigenvalue weighted by Gasteiger charge is 2.35. The molecular formula is C5H5NO4S. The molecule has 1 aliphatic rings. The molecule has 0 radical (unpaired) electrons. The van der Waals surface area contributed by atoms with E-state index in [0.717, 1.165) is 6.26 Å². The van der Waals surface area contributed by atoms with Crippen LogP contribution in [0.3, 0.4) is 0 Å². The van der Waals surface area contributed by atoms with Crippen LogP contribution in [0, 0.1) is 16.0 Å². The lowest BCUT2D eigenvalue weighted by Gasteiger charge is -2.00. The van der Waals surface area contributed by atoms with Gasteiger partial charge in [-0.1, -0.05) is 0 Å². The van der Waals surface area contributed by atoms with Crippen molar-refractivity contribution < 1.29 is 14.8 Å². The fraction of sp³-hybridized carbons (Fsp3) is 0.400. The van der Waals surface area contributed by atoms with E-state index in [9.17, 15) is 10.1 Å². The third-order valence-electron chi connectivity index (χ3n) is 1.33. The van der Waals surface area contributed by atoms with Crippen LogP contribution in [0.25, 0.3) is 0 Å². The molecule has 1 atom stereocenters. The minimum absolute atomic E-state index is 0.0548. The van der Waals surface area contributed by atoms with Crippen LogP contribution in [0.15, 0.2) is 12.0 Å². The molecule has 1 rings (SSSR count). The predicted molar refractivity (Wildman–Crippen MR) is 39.3 cm³/mol. The first kappa shape index (κ1) is 8.09. The third kappa shape index (κ3) is 1.36. The molecule has 0 aromatic carbocycles. The van der Waals surface area contributed by atoms with Crippen LogP contribution in [0.5, 0.6) is 0 Å². The summed E-state index contributed by atoms with van der Waals surface area (Å²) in [4.78, 5) is 9.59. The highest BCUT2D eigenvalue weighted by atomic mass is 32.1. The van der Waals surface area contributed by atoms with Gasteiger partial charge >= 0.3 is 0 Å². The van der Waals surface area contributed by atoms with E-state index >= 15 is 0 Å². The smallest absolute Gasteiger partial charge is 0.294 e. The summed E-state index contributed by atoms with van der Waals surface area (Å²) in [6.07, 6.45) is 0.962. The topological polar surface area (TPSA) is 72.6 Å². The first-order chi connectivity index (χ1) is 5.16. The van der Waals surface area contributed by atoms with Gasteiger partial charge in [0.2, 0.25) is 0 Å². The number of aliphatic hydroxyl groups is 1. The van der Waals surface area contributed by atoms with Crippen molar-refractivity contribution >= 4 is 17.3 Å². The molecule has 0 aliphatic carbocycles. The second kappa shape index (κ2) is 2.93. The number of thiocarbonyl (C=S) groups is 1. The molecule has 0 aromatic rings. The molecule has 60 valence electrons. The Balaban J connectivity index is 2.81. The summed E-state index contributed by atoms with van der Waals surface area (Å²) in [6, 6.07) is 0. The van der Waals surface area contributed by atoms with Gasteiger partial charge in [-0.25, -0.2) is 0 Å². The van der Waals surface area contributed by atoms with Crippen LogP contribution in [0.2, 0.25) is 0 Å². The van der Waals surface area contributed by atoms with Crippen LogP contribution in [-0.4, -0.2) is 21.7 Å². The fourth-order valence-corrected chi connectivity index (χ4v) is 0.985. The maximum atomic E-state index is 10.2. The lowest BCUT2D eigenvalue weighted by molar-refractivity contribution is -0.431. The lowest BCUT2D eigenvalue weighted by Crippen LogP contribution is -2.18. The van der Waals surface area contributed by atoms with Crippen molar-refractivity contribution in [3.63, 3.8) is 0 Å². The fourth-order valence-electron chi connectivity index (χ4n) is 0.742. The number of nitro groups is 1. The Morgan fingerprint density at radius 3 is 2.91 bits per heavy atom. The predicted octanol–water partition coefficient (Wildman–Crippen LogP) is 0.0706. The Morgan fingerprint density at radius 1 is 1.91 bits per heavy atom. The molecule has 1 heterocycles. The maximum Gasteiger partial charge on any atom is 0.294 e. The van der Waals surface area contributed by atoms with Gasteiger partial charge in [0.25, 0.3) is 5.70 Å². The number of aliphatic hydroxyl groups excluding tert-OH is 1. The summed E-state index contributed by atoms with van der Waals surface area (Å²) in [5.41, 5.74) is -0.183. The van der Waals surface area contributed by atoms with E-state index < -0.39 is 10.8 Å². The molecule has 0 bridgehead atoms. The first-order valence-electron chi connectivity index (χ1n) is 2.82. The number of hydrogen-bond acceptors (Lipinski definition) is 5. The van der Waals surface area contributed by atoms with Crippen LogP contribution >= 0.6 is 12.2 Å². The largest absolute Gasteiger partial charge is 0.450 e. The number of ether oxygens (including phenoxy) is 1. The number of nitrogens with zero attached hydrogens (tertiary/aromatic N) is 1. The third-order valence-corrected chi connectivity index (χ3v) is 1.71. The van der Waals surface area contributed by atoms with E-state index in [0.29, 0.717) is 0 Å². The SMILES string of the molecule is O=[N+]([O-])C1=COC(=S)C1CO. The summed E-state index contributed by atoms with van der Waals surface area (Å²) in [7, 11) is 0. The summed E-state index contributed by atoms with van der Waals surface area (Å²) in [5.74, 6) is -0.750. The second-order valence-corrected chi connectivity index (χ2v) is 2.37. The van der Waals surface area contributed by atoms with Crippen LogP contribution < -0.4 is 0 Å². The van der Waals surface area contributed by atoms with Gasteiger partial charge in [0.05, 0.1) is 11.5 Å². The van der Waals surface area contributed by atoms with E-state index in [4.69, 9.17) is 5.11 Å². The molecule has 0 amide bonds. The molecule has 0 spiro atoms. The quantitative estimate of drug-likeness (QED) is 0.365. The lowest BCUT2D eigenvalue weighted by atomic mass is 10.1. The van der Waals surface area contributed by atoms with Crippen molar-refractivity contribution in [3.05, 3.63) is 22.1 Å². The minimum atomic E-state index is -0.750. The normalized spacial score (nSPS) is 22.8. The van der Waals surface area contributed by atoms with Gasteiger partial charge in [0.15, 0.2) is 11.3 Å². The van der Waals surface area contributed by atoms with E-state index in [1.54, 1.807) is 0 Å². The van der Waals surface area contributed by atoms with Gasteiger partial charge < -0.3 is 9.84 Å². The van der Waals surface area contributed by atoms with Gasteiger partial charge in [-0.05, 0) is 12.2 Å². The standard InChI is InChI=1S/C5H5NO4S/c7-1-3-4(6(8)9)2-10-5(3)11/h2-3,7H,1H2. The van der Waals surface area contributed by atoms with Crippen molar-refractivity contribution in [2.24, 2.45) is 5.92 Å². The van der Waals surface area contributed by atoms with Crippen molar-refractivity contribution in [3.8, 4) is 0 Å². The Hall–Kier alpha value is -1.01. The van der Waals surface area contributed by atoms with E-state index in [1.807, 2.05) is 0 Å². The average Bonchev–Trinajstić information content (AvgIpc) is 2.30. The molecule has 0 fully saturated rings. The van der Waals surface area contributed by atoms with Crippen molar-refractivity contribution in [1.82, 2.24) is 0 Å². The van der Waals surface area contributed by atoms with Crippen molar-refractivity contribution in [2.75, 3.05) is 6.61 Å². The molecule has 0 aromatic heterocycles.